The molecule has 0 aliphatic rings. The first-order valence-electron chi connectivity index (χ1n) is 6.45. The van der Waals surface area contributed by atoms with Gasteiger partial charge in [-0.25, -0.2) is 0 Å². The van der Waals surface area contributed by atoms with E-state index in [9.17, 15) is 0 Å². The molecular formula is C12H28N4. The lowest BCUT2D eigenvalue weighted by molar-refractivity contribution is 0.237. The van der Waals surface area contributed by atoms with Gasteiger partial charge in [-0.3, -0.25) is 9.89 Å². The van der Waals surface area contributed by atoms with E-state index in [1.807, 2.05) is 0 Å². The number of likely N-dealkylation sites (N-methyl/N-ethyl adjacent to an activating group) is 1. The topological polar surface area (TPSA) is 39.7 Å². The number of guanidine groups is 1. The van der Waals surface area contributed by atoms with Crippen molar-refractivity contribution in [1.29, 1.82) is 0 Å². The van der Waals surface area contributed by atoms with Crippen molar-refractivity contribution in [1.82, 2.24) is 15.5 Å². The molecule has 0 amide bonds. The molecule has 1 atom stereocenters. The van der Waals surface area contributed by atoms with Crippen molar-refractivity contribution in [3.63, 3.8) is 0 Å². The van der Waals surface area contributed by atoms with Crippen molar-refractivity contribution in [2.24, 2.45) is 4.99 Å². The third-order valence-electron chi connectivity index (χ3n) is 2.64. The summed E-state index contributed by atoms with van der Waals surface area (Å²) in [5, 5.41) is 6.47. The average Bonchev–Trinajstić information content (AvgIpc) is 2.28. The number of hydrogen-bond donors (Lipinski definition) is 2. The summed E-state index contributed by atoms with van der Waals surface area (Å²) in [5.41, 5.74) is 0. The van der Waals surface area contributed by atoms with Gasteiger partial charge in [-0.2, -0.15) is 0 Å². The zero-order chi connectivity index (χ0) is 12.4. The third kappa shape index (κ3) is 5.95. The SMILES string of the molecule is CCNC(=NC[C@H](C)N(CC)CC)NCC. The van der Waals surface area contributed by atoms with Crippen LogP contribution in [0.15, 0.2) is 4.99 Å². The molecule has 0 saturated carbocycles. The molecule has 0 aromatic rings. The van der Waals surface area contributed by atoms with Crippen LogP contribution in [-0.4, -0.2) is 49.6 Å². The van der Waals surface area contributed by atoms with Gasteiger partial charge in [-0.15, -0.1) is 0 Å². The molecule has 2 N–H and O–H groups in total. The molecule has 0 aliphatic heterocycles. The smallest absolute Gasteiger partial charge is 0.191 e. The normalized spacial score (nSPS) is 12.4. The van der Waals surface area contributed by atoms with Gasteiger partial charge in [0, 0.05) is 19.1 Å². The average molecular weight is 228 g/mol. The van der Waals surface area contributed by atoms with Gasteiger partial charge in [-0.1, -0.05) is 13.8 Å². The molecule has 0 aromatic carbocycles. The number of hydrogen-bond acceptors (Lipinski definition) is 2. The molecule has 0 bridgehead atoms. The maximum atomic E-state index is 4.57. The Kier molecular flexibility index (Phi) is 9.00. The fourth-order valence-corrected chi connectivity index (χ4v) is 1.70. The zero-order valence-corrected chi connectivity index (χ0v) is 11.5. The van der Waals surface area contributed by atoms with Gasteiger partial charge in [0.2, 0.25) is 0 Å². The summed E-state index contributed by atoms with van der Waals surface area (Å²) in [6.45, 7) is 15.6. The van der Waals surface area contributed by atoms with Gasteiger partial charge in [0.25, 0.3) is 0 Å². The molecule has 16 heavy (non-hydrogen) atoms. The Bertz CT molecular complexity index is 179. The number of aliphatic imine (C=N–C) groups is 1. The van der Waals surface area contributed by atoms with Crippen molar-refractivity contribution in [3.8, 4) is 0 Å². The zero-order valence-electron chi connectivity index (χ0n) is 11.5. The lowest BCUT2D eigenvalue weighted by Crippen LogP contribution is -2.39. The van der Waals surface area contributed by atoms with E-state index >= 15 is 0 Å². The Balaban J connectivity index is 4.17. The van der Waals surface area contributed by atoms with Crippen LogP contribution in [0.5, 0.6) is 0 Å². The third-order valence-corrected chi connectivity index (χ3v) is 2.64. The predicted molar refractivity (Wildman–Crippen MR) is 72.0 cm³/mol. The van der Waals surface area contributed by atoms with Crippen LogP contribution in [0.3, 0.4) is 0 Å². The van der Waals surface area contributed by atoms with Gasteiger partial charge in [0.05, 0.1) is 6.54 Å². The van der Waals surface area contributed by atoms with Gasteiger partial charge in [-0.05, 0) is 33.9 Å². The van der Waals surface area contributed by atoms with Crippen LogP contribution in [0.1, 0.15) is 34.6 Å². The number of rotatable bonds is 7. The van der Waals surface area contributed by atoms with Crippen molar-refractivity contribution in [3.05, 3.63) is 0 Å². The fourth-order valence-electron chi connectivity index (χ4n) is 1.70. The quantitative estimate of drug-likeness (QED) is 0.509. The summed E-state index contributed by atoms with van der Waals surface area (Å²) < 4.78 is 0. The highest BCUT2D eigenvalue weighted by Gasteiger charge is 2.09. The van der Waals surface area contributed by atoms with Gasteiger partial charge < -0.3 is 10.6 Å². The highest BCUT2D eigenvalue weighted by Crippen LogP contribution is 1.98. The lowest BCUT2D eigenvalue weighted by atomic mass is 10.3. The molecule has 4 heteroatoms. The Morgan fingerprint density at radius 3 is 1.94 bits per heavy atom. The van der Waals surface area contributed by atoms with Crippen molar-refractivity contribution in [2.45, 2.75) is 40.7 Å². The van der Waals surface area contributed by atoms with Gasteiger partial charge in [0.15, 0.2) is 5.96 Å². The Morgan fingerprint density at radius 2 is 1.56 bits per heavy atom. The lowest BCUT2D eigenvalue weighted by Gasteiger charge is -2.25. The summed E-state index contributed by atoms with van der Waals surface area (Å²) in [5.74, 6) is 0.920. The van der Waals surface area contributed by atoms with E-state index in [1.54, 1.807) is 0 Å². The van der Waals surface area contributed by atoms with E-state index in [0.29, 0.717) is 6.04 Å². The second kappa shape index (κ2) is 9.46. The van der Waals surface area contributed by atoms with Crippen molar-refractivity contribution < 1.29 is 0 Å². The van der Waals surface area contributed by atoms with Crippen molar-refractivity contribution in [2.75, 3.05) is 32.7 Å². The molecule has 0 saturated heterocycles. The Hall–Kier alpha value is -0.770. The molecule has 4 nitrogen and oxygen atoms in total. The second-order valence-corrected chi connectivity index (χ2v) is 3.82. The van der Waals surface area contributed by atoms with Crippen LogP contribution < -0.4 is 10.6 Å². The summed E-state index contributed by atoms with van der Waals surface area (Å²) in [7, 11) is 0. The van der Waals surface area contributed by atoms with Crippen LogP contribution in [0.4, 0.5) is 0 Å². The monoisotopic (exact) mass is 228 g/mol. The van der Waals surface area contributed by atoms with Gasteiger partial charge in [0.1, 0.15) is 0 Å². The van der Waals surface area contributed by atoms with Crippen LogP contribution in [0, 0.1) is 0 Å². The second-order valence-electron chi connectivity index (χ2n) is 3.82. The van der Waals surface area contributed by atoms with Crippen LogP contribution >= 0.6 is 0 Å². The van der Waals surface area contributed by atoms with E-state index in [4.69, 9.17) is 0 Å². The number of nitrogens with zero attached hydrogens (tertiary/aromatic N) is 2. The molecule has 0 spiro atoms. The van der Waals surface area contributed by atoms with E-state index in [1.165, 1.54) is 0 Å². The van der Waals surface area contributed by atoms with Gasteiger partial charge >= 0.3 is 0 Å². The molecule has 0 unspecified atom stereocenters. The highest BCUT2D eigenvalue weighted by atomic mass is 15.2. The maximum absolute atomic E-state index is 4.57. The van der Waals surface area contributed by atoms with Crippen molar-refractivity contribution >= 4 is 5.96 Å². The van der Waals surface area contributed by atoms with Crippen LogP contribution in [0.2, 0.25) is 0 Å². The molecule has 0 heterocycles. The molecule has 0 radical (unpaired) electrons. The van der Waals surface area contributed by atoms with E-state index in [0.717, 1.165) is 38.7 Å². The fraction of sp³-hybridized carbons (Fsp3) is 0.917. The van der Waals surface area contributed by atoms with Crippen LogP contribution in [-0.2, 0) is 0 Å². The molecule has 0 rings (SSSR count). The number of nitrogens with one attached hydrogen (secondary N) is 2. The Morgan fingerprint density at radius 1 is 1.06 bits per heavy atom. The summed E-state index contributed by atoms with van der Waals surface area (Å²) in [6, 6.07) is 0.502. The minimum Gasteiger partial charge on any atom is -0.357 e. The van der Waals surface area contributed by atoms with E-state index in [-0.39, 0.29) is 0 Å². The van der Waals surface area contributed by atoms with E-state index < -0.39 is 0 Å². The first kappa shape index (κ1) is 15.2. The Labute approximate surface area is 101 Å². The minimum absolute atomic E-state index is 0.502. The summed E-state index contributed by atoms with van der Waals surface area (Å²) in [6.07, 6.45) is 0. The molecule has 0 fully saturated rings. The minimum atomic E-state index is 0.502. The highest BCUT2D eigenvalue weighted by molar-refractivity contribution is 5.79. The molecular weight excluding hydrogens is 200 g/mol. The first-order valence-corrected chi connectivity index (χ1v) is 6.45. The molecule has 96 valence electrons. The van der Waals surface area contributed by atoms with Crippen LogP contribution in [0.25, 0.3) is 0 Å². The molecule has 0 aromatic heterocycles. The standard InChI is InChI=1S/C12H28N4/c1-6-13-12(14-7-2)15-10-11(5)16(8-3)9-4/h11H,6-10H2,1-5H3,(H2,13,14,15)/t11-/m0/s1. The van der Waals surface area contributed by atoms with E-state index in [2.05, 4.69) is 55.1 Å². The first-order chi connectivity index (χ1) is 7.69. The largest absolute Gasteiger partial charge is 0.357 e. The maximum Gasteiger partial charge on any atom is 0.191 e. The summed E-state index contributed by atoms with van der Waals surface area (Å²) in [4.78, 5) is 6.99. The molecule has 0 aliphatic carbocycles. The summed E-state index contributed by atoms with van der Waals surface area (Å²) >= 11 is 0. The predicted octanol–water partition coefficient (Wildman–Crippen LogP) is 1.29.